The number of aromatic nitrogens is 2. The summed E-state index contributed by atoms with van der Waals surface area (Å²) < 4.78 is 29.8. The molecular formula is C14H17ClN4O3S. The average Bonchev–Trinajstić information content (AvgIpc) is 3.02. The Balaban J connectivity index is 1.86. The van der Waals surface area contributed by atoms with Gasteiger partial charge in [-0.1, -0.05) is 11.6 Å². The van der Waals surface area contributed by atoms with E-state index in [0.717, 1.165) is 0 Å². The van der Waals surface area contributed by atoms with Crippen molar-refractivity contribution in [3.8, 4) is 0 Å². The van der Waals surface area contributed by atoms with Gasteiger partial charge in [0.05, 0.1) is 23.2 Å². The summed E-state index contributed by atoms with van der Waals surface area (Å²) in [7, 11) is 2.18. The molecule has 1 aliphatic rings. The maximum Gasteiger partial charge on any atom is 0.265 e. The van der Waals surface area contributed by atoms with Crippen LogP contribution in [0.15, 0.2) is 27.6 Å². The minimum atomic E-state index is -3.29. The van der Waals surface area contributed by atoms with Crippen LogP contribution in [0.25, 0.3) is 0 Å². The van der Waals surface area contributed by atoms with E-state index >= 15 is 0 Å². The summed E-state index contributed by atoms with van der Waals surface area (Å²) in [5, 5.41) is 4.38. The molecule has 0 radical (unpaired) electrons. The molecule has 1 aliphatic heterocycles. The van der Waals surface area contributed by atoms with Gasteiger partial charge in [0.15, 0.2) is 9.84 Å². The Labute approximate surface area is 139 Å². The fourth-order valence-corrected chi connectivity index (χ4v) is 4.67. The molecule has 0 aliphatic carbocycles. The molecule has 0 saturated carbocycles. The van der Waals surface area contributed by atoms with Crippen LogP contribution in [0.1, 0.15) is 17.5 Å². The van der Waals surface area contributed by atoms with Gasteiger partial charge in [-0.3, -0.25) is 4.90 Å². The van der Waals surface area contributed by atoms with Gasteiger partial charge >= 0.3 is 0 Å². The van der Waals surface area contributed by atoms with E-state index in [-0.39, 0.29) is 11.8 Å². The Morgan fingerprint density at radius 1 is 1.35 bits per heavy atom. The quantitative estimate of drug-likeness (QED) is 0.825. The van der Waals surface area contributed by atoms with Gasteiger partial charge < -0.3 is 9.42 Å². The molecule has 23 heavy (non-hydrogen) atoms. The third-order valence-electron chi connectivity index (χ3n) is 3.82. The molecule has 9 heteroatoms. The summed E-state index contributed by atoms with van der Waals surface area (Å²) in [6, 6.07) is 4.59. The van der Waals surface area contributed by atoms with E-state index in [0.29, 0.717) is 33.9 Å². The average molecular weight is 357 g/mol. The zero-order chi connectivity index (χ0) is 16.8. The molecule has 1 atom stereocenters. The lowest BCUT2D eigenvalue weighted by molar-refractivity contribution is 0.219. The summed E-state index contributed by atoms with van der Waals surface area (Å²) in [5.41, 5.74) is 0.715. The third kappa shape index (κ3) is 3.06. The second kappa shape index (κ2) is 5.77. The van der Waals surface area contributed by atoms with Gasteiger partial charge in [0.2, 0.25) is 5.89 Å². The number of halogens is 1. The topological polar surface area (TPSA) is 79.5 Å². The molecule has 0 spiro atoms. The zero-order valence-electron chi connectivity index (χ0n) is 13.0. The molecule has 0 bridgehead atoms. The van der Waals surface area contributed by atoms with Crippen molar-refractivity contribution in [3.63, 3.8) is 0 Å². The number of rotatable bonds is 4. The normalized spacial score (nSPS) is 19.1. The smallest absolute Gasteiger partial charge is 0.265 e. The maximum atomic E-state index is 12.3. The number of hydrogen-bond acceptors (Lipinski definition) is 7. The Kier molecular flexibility index (Phi) is 4.07. The van der Waals surface area contributed by atoms with Crippen LogP contribution in [0.5, 0.6) is 0 Å². The predicted octanol–water partition coefficient (Wildman–Crippen LogP) is 1.75. The van der Waals surface area contributed by atoms with Crippen molar-refractivity contribution in [2.75, 3.05) is 31.8 Å². The van der Waals surface area contributed by atoms with Crippen molar-refractivity contribution in [1.29, 1.82) is 0 Å². The molecule has 0 N–H and O–H groups in total. The summed E-state index contributed by atoms with van der Waals surface area (Å²) in [6.07, 6.45) is 0. The fraction of sp³-hybridized carbons (Fsp3) is 0.429. The van der Waals surface area contributed by atoms with Gasteiger partial charge in [0.1, 0.15) is 0 Å². The van der Waals surface area contributed by atoms with E-state index in [1.807, 2.05) is 26.0 Å². The second-order valence-electron chi connectivity index (χ2n) is 5.78. The Bertz CT molecular complexity index is 834. The van der Waals surface area contributed by atoms with Gasteiger partial charge in [0, 0.05) is 19.1 Å². The number of benzene rings is 1. The van der Waals surface area contributed by atoms with E-state index in [2.05, 4.69) is 10.1 Å². The van der Waals surface area contributed by atoms with Crippen LogP contribution in [-0.2, 0) is 16.4 Å². The first-order valence-corrected chi connectivity index (χ1v) is 9.03. The van der Waals surface area contributed by atoms with E-state index in [4.69, 9.17) is 16.1 Å². The molecule has 124 valence electrons. The van der Waals surface area contributed by atoms with Crippen LogP contribution in [0.3, 0.4) is 0 Å². The molecule has 0 fully saturated rings. The number of hydrogen-bond donors (Lipinski definition) is 0. The highest BCUT2D eigenvalue weighted by molar-refractivity contribution is 7.91. The van der Waals surface area contributed by atoms with Gasteiger partial charge in [-0.15, -0.1) is 0 Å². The Morgan fingerprint density at radius 3 is 2.74 bits per heavy atom. The lowest BCUT2D eigenvalue weighted by Crippen LogP contribution is -2.25. The van der Waals surface area contributed by atoms with Crippen LogP contribution in [0.4, 0.5) is 5.95 Å². The van der Waals surface area contributed by atoms with Crippen molar-refractivity contribution < 1.29 is 12.9 Å². The summed E-state index contributed by atoms with van der Waals surface area (Å²) in [5.74, 6) is 0.938. The molecule has 2 aromatic rings. The van der Waals surface area contributed by atoms with Crippen molar-refractivity contribution in [3.05, 3.63) is 34.7 Å². The predicted molar refractivity (Wildman–Crippen MR) is 86.3 cm³/mol. The molecular weight excluding hydrogens is 340 g/mol. The van der Waals surface area contributed by atoms with Gasteiger partial charge in [-0.05, 0) is 36.0 Å². The molecule has 2 heterocycles. The summed E-state index contributed by atoms with van der Waals surface area (Å²) in [6.45, 7) is 0.354. The van der Waals surface area contributed by atoms with Crippen LogP contribution in [-0.4, -0.2) is 50.4 Å². The van der Waals surface area contributed by atoms with Gasteiger partial charge in [0.25, 0.3) is 5.95 Å². The molecule has 3 rings (SSSR count). The first-order valence-electron chi connectivity index (χ1n) is 7.00. The van der Waals surface area contributed by atoms with Crippen LogP contribution < -0.4 is 4.90 Å². The fourth-order valence-electron chi connectivity index (χ4n) is 2.63. The highest BCUT2D eigenvalue weighted by atomic mass is 35.5. The van der Waals surface area contributed by atoms with Crippen molar-refractivity contribution in [1.82, 2.24) is 15.0 Å². The maximum absolute atomic E-state index is 12.3. The largest absolute Gasteiger partial charge is 0.344 e. The number of fused-ring (bicyclic) bond motifs is 1. The monoisotopic (exact) mass is 356 g/mol. The molecule has 1 aromatic heterocycles. The number of sulfone groups is 1. The zero-order valence-corrected chi connectivity index (χ0v) is 14.6. The minimum absolute atomic E-state index is 0.0217. The lowest BCUT2D eigenvalue weighted by atomic mass is 10.1. The van der Waals surface area contributed by atoms with Gasteiger partial charge in [-0.2, -0.15) is 4.98 Å². The standard InChI is InChI=1S/C14H17ClN4O3S/c1-18(2)14-16-13(22-17-14)7-19(3)11-8-23(20,21)12-5-4-9(15)6-10(11)12/h4-6,11H,7-8H2,1-3H3. The van der Waals surface area contributed by atoms with E-state index in [9.17, 15) is 8.42 Å². The van der Waals surface area contributed by atoms with E-state index in [1.54, 1.807) is 23.1 Å². The van der Waals surface area contributed by atoms with E-state index in [1.165, 1.54) is 0 Å². The van der Waals surface area contributed by atoms with Crippen LogP contribution in [0.2, 0.25) is 5.02 Å². The number of anilines is 1. The van der Waals surface area contributed by atoms with E-state index < -0.39 is 9.84 Å². The van der Waals surface area contributed by atoms with Crippen LogP contribution >= 0.6 is 11.6 Å². The molecule has 1 aromatic carbocycles. The first kappa shape index (κ1) is 16.2. The highest BCUT2D eigenvalue weighted by Gasteiger charge is 2.37. The number of nitrogens with zero attached hydrogens (tertiary/aromatic N) is 4. The molecule has 0 saturated heterocycles. The SMILES string of the molecule is CN(C)c1noc(CN(C)C2CS(=O)(=O)c3ccc(Cl)cc32)n1. The third-order valence-corrected chi connectivity index (χ3v) is 5.85. The Hall–Kier alpha value is -1.64. The highest BCUT2D eigenvalue weighted by Crippen LogP contribution is 2.38. The first-order chi connectivity index (χ1) is 10.8. The Morgan fingerprint density at radius 2 is 2.09 bits per heavy atom. The molecule has 1 unspecified atom stereocenters. The second-order valence-corrected chi connectivity index (χ2v) is 8.22. The summed E-state index contributed by atoms with van der Waals surface area (Å²) in [4.78, 5) is 8.23. The molecule has 0 amide bonds. The summed E-state index contributed by atoms with van der Waals surface area (Å²) >= 11 is 6.03. The van der Waals surface area contributed by atoms with Crippen molar-refractivity contribution in [2.45, 2.75) is 17.5 Å². The van der Waals surface area contributed by atoms with Crippen LogP contribution in [0, 0.1) is 0 Å². The van der Waals surface area contributed by atoms with Gasteiger partial charge in [-0.25, -0.2) is 8.42 Å². The minimum Gasteiger partial charge on any atom is -0.344 e. The van der Waals surface area contributed by atoms with Crippen molar-refractivity contribution >= 4 is 27.4 Å². The lowest BCUT2D eigenvalue weighted by Gasteiger charge is -2.22. The molecule has 7 nitrogen and oxygen atoms in total. The van der Waals surface area contributed by atoms with Crippen molar-refractivity contribution in [2.24, 2.45) is 0 Å².